The Morgan fingerprint density at radius 3 is 1.92 bits per heavy atom. The first-order chi connectivity index (χ1) is 12.0. The zero-order valence-electron chi connectivity index (χ0n) is 13.6. The fourth-order valence-electron chi connectivity index (χ4n) is 2.51. The predicted octanol–water partition coefficient (Wildman–Crippen LogP) is 4.97. The van der Waals surface area contributed by atoms with Gasteiger partial charge in [0.2, 0.25) is 0 Å². The van der Waals surface area contributed by atoms with Gasteiger partial charge in [-0.25, -0.2) is 9.59 Å². The molecule has 0 aromatic heterocycles. The van der Waals surface area contributed by atoms with Crippen molar-refractivity contribution in [3.63, 3.8) is 0 Å². The van der Waals surface area contributed by atoms with Gasteiger partial charge in [0.25, 0.3) is 0 Å². The van der Waals surface area contributed by atoms with Crippen molar-refractivity contribution < 1.29 is 19.8 Å². The Bertz CT molecular complexity index is 881. The number of alkyl halides is 1. The molecule has 128 valence electrons. The number of hydrogen-bond donors (Lipinski definition) is 2. The summed E-state index contributed by atoms with van der Waals surface area (Å²) in [7, 11) is 0. The Morgan fingerprint density at radius 1 is 0.840 bits per heavy atom. The van der Waals surface area contributed by atoms with Crippen LogP contribution in [0, 0.1) is 6.92 Å². The second kappa shape index (κ2) is 8.31. The molecule has 0 aliphatic rings. The molecule has 0 saturated carbocycles. The van der Waals surface area contributed by atoms with E-state index in [9.17, 15) is 9.59 Å². The first-order valence-corrected chi connectivity index (χ1v) is 8.08. The van der Waals surface area contributed by atoms with Crippen LogP contribution in [0.5, 0.6) is 0 Å². The van der Waals surface area contributed by atoms with Crippen LogP contribution in [0.1, 0.15) is 31.8 Å². The topological polar surface area (TPSA) is 74.6 Å². The number of rotatable bonds is 3. The molecule has 3 aromatic rings. The maximum absolute atomic E-state index is 10.6. The van der Waals surface area contributed by atoms with Gasteiger partial charge in [0.1, 0.15) is 0 Å². The summed E-state index contributed by atoms with van der Waals surface area (Å²) in [4.78, 5) is 21.2. The van der Waals surface area contributed by atoms with Crippen molar-refractivity contribution in [3.05, 3.63) is 82.9 Å². The Balaban J connectivity index is 0.000000181. The average Bonchev–Trinajstić information content (AvgIpc) is 2.61. The maximum atomic E-state index is 10.6. The Kier molecular flexibility index (Phi) is 6.14. The van der Waals surface area contributed by atoms with Crippen molar-refractivity contribution in [1.29, 1.82) is 0 Å². The first kappa shape index (κ1) is 18.5. The normalized spacial score (nSPS) is 10.0. The maximum Gasteiger partial charge on any atom is 0.335 e. The summed E-state index contributed by atoms with van der Waals surface area (Å²) in [6.45, 7) is 1.48. The lowest BCUT2D eigenvalue weighted by Crippen LogP contribution is -2.06. The lowest BCUT2D eigenvalue weighted by molar-refractivity contribution is 0.0696. The van der Waals surface area contributed by atoms with Crippen LogP contribution in [0.25, 0.3) is 10.8 Å². The number of aromatic carboxylic acids is 2. The minimum absolute atomic E-state index is 0.0277. The number of carbonyl (C=O) groups is 2. The van der Waals surface area contributed by atoms with E-state index in [-0.39, 0.29) is 16.7 Å². The molecule has 0 heterocycles. The second-order valence-electron chi connectivity index (χ2n) is 5.36. The number of carboxylic acid groups (broad SMARTS) is 2. The Labute approximate surface area is 150 Å². The van der Waals surface area contributed by atoms with E-state index >= 15 is 0 Å². The summed E-state index contributed by atoms with van der Waals surface area (Å²) in [5, 5.41) is 19.9. The molecule has 0 unspecified atom stereocenters. The van der Waals surface area contributed by atoms with Gasteiger partial charge in [-0.15, -0.1) is 11.6 Å². The monoisotopic (exact) mass is 356 g/mol. The van der Waals surface area contributed by atoms with Gasteiger partial charge < -0.3 is 10.2 Å². The summed E-state index contributed by atoms with van der Waals surface area (Å²) < 4.78 is 0. The third-order valence-electron chi connectivity index (χ3n) is 3.82. The molecule has 0 bridgehead atoms. The largest absolute Gasteiger partial charge is 0.478 e. The molecule has 5 heteroatoms. The first-order valence-electron chi connectivity index (χ1n) is 7.54. The molecule has 0 fully saturated rings. The average molecular weight is 357 g/mol. The molecule has 3 rings (SSSR count). The Morgan fingerprint density at radius 2 is 1.36 bits per heavy atom. The predicted molar refractivity (Wildman–Crippen MR) is 98.6 cm³/mol. The molecule has 0 spiro atoms. The third kappa shape index (κ3) is 4.37. The number of carboxylic acids is 2. The van der Waals surface area contributed by atoms with E-state index in [2.05, 4.69) is 24.3 Å². The van der Waals surface area contributed by atoms with E-state index in [1.165, 1.54) is 41.5 Å². The summed E-state index contributed by atoms with van der Waals surface area (Å²) in [6.07, 6.45) is 0. The van der Waals surface area contributed by atoms with Crippen molar-refractivity contribution in [3.8, 4) is 0 Å². The van der Waals surface area contributed by atoms with Gasteiger partial charge in [-0.3, -0.25) is 0 Å². The molecular formula is C20H17ClO4. The molecule has 0 saturated heterocycles. The zero-order chi connectivity index (χ0) is 18.4. The standard InChI is InChI=1S/C11H9Cl.C9H8O4/c12-8-10-6-3-5-9-4-1-2-7-11(9)10;1-5-6(8(10)11)3-2-4-7(5)9(12)13/h1-7H,8H2;2-4H,1H3,(H,10,11)(H,12,13). The van der Waals surface area contributed by atoms with Crippen LogP contribution in [0.15, 0.2) is 60.7 Å². The zero-order valence-corrected chi connectivity index (χ0v) is 14.3. The van der Waals surface area contributed by atoms with E-state index in [4.69, 9.17) is 21.8 Å². The number of halogens is 1. The second-order valence-corrected chi connectivity index (χ2v) is 5.63. The van der Waals surface area contributed by atoms with Gasteiger partial charge >= 0.3 is 11.9 Å². The minimum atomic E-state index is -1.11. The highest BCUT2D eigenvalue weighted by Crippen LogP contribution is 2.19. The van der Waals surface area contributed by atoms with Crippen LogP contribution in [0.3, 0.4) is 0 Å². The third-order valence-corrected chi connectivity index (χ3v) is 4.11. The van der Waals surface area contributed by atoms with Crippen LogP contribution in [0.2, 0.25) is 0 Å². The van der Waals surface area contributed by atoms with E-state index in [0.29, 0.717) is 5.88 Å². The fourth-order valence-corrected chi connectivity index (χ4v) is 2.74. The van der Waals surface area contributed by atoms with E-state index < -0.39 is 11.9 Å². The van der Waals surface area contributed by atoms with Crippen molar-refractivity contribution in [2.75, 3.05) is 0 Å². The summed E-state index contributed by atoms with van der Waals surface area (Å²) >= 11 is 5.81. The highest BCUT2D eigenvalue weighted by atomic mass is 35.5. The quantitative estimate of drug-likeness (QED) is 0.650. The lowest BCUT2D eigenvalue weighted by Gasteiger charge is -2.03. The molecule has 0 amide bonds. The number of hydrogen-bond acceptors (Lipinski definition) is 2. The minimum Gasteiger partial charge on any atom is -0.478 e. The van der Waals surface area contributed by atoms with Crippen LogP contribution >= 0.6 is 11.6 Å². The lowest BCUT2D eigenvalue weighted by atomic mass is 10.0. The van der Waals surface area contributed by atoms with Gasteiger partial charge in [0.15, 0.2) is 0 Å². The van der Waals surface area contributed by atoms with Crippen molar-refractivity contribution >= 4 is 34.3 Å². The molecule has 0 aliphatic heterocycles. The number of benzene rings is 3. The van der Waals surface area contributed by atoms with Gasteiger partial charge in [-0.05, 0) is 41.0 Å². The Hall–Kier alpha value is -2.85. The van der Waals surface area contributed by atoms with Crippen molar-refractivity contribution in [1.82, 2.24) is 0 Å². The summed E-state index contributed by atoms with van der Waals surface area (Å²) in [6, 6.07) is 18.7. The molecule has 0 radical (unpaired) electrons. The molecule has 0 aliphatic carbocycles. The summed E-state index contributed by atoms with van der Waals surface area (Å²) in [5.74, 6) is -1.64. The van der Waals surface area contributed by atoms with Gasteiger partial charge in [-0.1, -0.05) is 48.5 Å². The SMILES string of the molecule is Cc1c(C(=O)O)cccc1C(=O)O.ClCc1cccc2ccccc12. The number of fused-ring (bicyclic) bond motifs is 1. The van der Waals surface area contributed by atoms with Gasteiger partial charge in [0.05, 0.1) is 11.1 Å². The van der Waals surface area contributed by atoms with Crippen LogP contribution < -0.4 is 0 Å². The van der Waals surface area contributed by atoms with E-state index in [0.717, 1.165) is 0 Å². The highest BCUT2D eigenvalue weighted by molar-refractivity contribution is 6.18. The van der Waals surface area contributed by atoms with Crippen LogP contribution in [-0.4, -0.2) is 22.2 Å². The van der Waals surface area contributed by atoms with Gasteiger partial charge in [0, 0.05) is 5.88 Å². The molecular weight excluding hydrogens is 340 g/mol. The molecule has 3 aromatic carbocycles. The molecule has 4 nitrogen and oxygen atoms in total. The van der Waals surface area contributed by atoms with Crippen molar-refractivity contribution in [2.24, 2.45) is 0 Å². The summed E-state index contributed by atoms with van der Waals surface area (Å²) in [5.41, 5.74) is 1.54. The molecule has 2 N–H and O–H groups in total. The smallest absolute Gasteiger partial charge is 0.335 e. The van der Waals surface area contributed by atoms with E-state index in [1.807, 2.05) is 18.2 Å². The fraction of sp³-hybridized carbons (Fsp3) is 0.100. The molecule has 25 heavy (non-hydrogen) atoms. The van der Waals surface area contributed by atoms with Crippen molar-refractivity contribution in [2.45, 2.75) is 12.8 Å². The van der Waals surface area contributed by atoms with Crippen LogP contribution in [0.4, 0.5) is 0 Å². The van der Waals surface area contributed by atoms with E-state index in [1.54, 1.807) is 0 Å². The molecule has 0 atom stereocenters. The van der Waals surface area contributed by atoms with Gasteiger partial charge in [-0.2, -0.15) is 0 Å². The van der Waals surface area contributed by atoms with Crippen LogP contribution in [-0.2, 0) is 5.88 Å². The highest BCUT2D eigenvalue weighted by Gasteiger charge is 2.13.